The lowest BCUT2D eigenvalue weighted by atomic mass is 10.0. The van der Waals surface area contributed by atoms with Crippen LogP contribution in [0.3, 0.4) is 0 Å². The first kappa shape index (κ1) is 19.1. The molecule has 0 atom stereocenters. The maximum Gasteiger partial charge on any atom is 0.323 e. The van der Waals surface area contributed by atoms with Crippen molar-refractivity contribution in [3.63, 3.8) is 0 Å². The summed E-state index contributed by atoms with van der Waals surface area (Å²) in [4.78, 5) is 33.4. The van der Waals surface area contributed by atoms with E-state index in [4.69, 9.17) is 5.73 Å². The van der Waals surface area contributed by atoms with Gasteiger partial charge in [0, 0.05) is 24.5 Å². The van der Waals surface area contributed by atoms with Gasteiger partial charge < -0.3 is 20.9 Å². The SMILES string of the molecule is Cn1cc(C(=O)c2cccc(NC(=O)Nc3ccccc3F)c2)c2c(N)ncnc21. The molecule has 0 aliphatic carbocycles. The Labute approximate surface area is 170 Å². The van der Waals surface area contributed by atoms with Gasteiger partial charge in [0.15, 0.2) is 5.78 Å². The van der Waals surface area contributed by atoms with Crippen molar-refractivity contribution in [2.75, 3.05) is 16.4 Å². The predicted molar refractivity (Wildman–Crippen MR) is 112 cm³/mol. The fraction of sp³-hybridized carbons (Fsp3) is 0.0476. The Bertz CT molecular complexity index is 1280. The number of hydrogen-bond acceptors (Lipinski definition) is 5. The van der Waals surface area contributed by atoms with Crippen LogP contribution in [0.2, 0.25) is 0 Å². The highest BCUT2D eigenvalue weighted by Crippen LogP contribution is 2.26. The van der Waals surface area contributed by atoms with E-state index in [1.807, 2.05) is 0 Å². The number of halogens is 1. The molecule has 0 fully saturated rings. The van der Waals surface area contributed by atoms with Gasteiger partial charge in [0.25, 0.3) is 0 Å². The van der Waals surface area contributed by atoms with E-state index < -0.39 is 11.8 Å². The summed E-state index contributed by atoms with van der Waals surface area (Å²) >= 11 is 0. The second-order valence-corrected chi connectivity index (χ2v) is 6.58. The molecule has 4 N–H and O–H groups in total. The minimum absolute atomic E-state index is 0.0495. The van der Waals surface area contributed by atoms with Gasteiger partial charge in [0.05, 0.1) is 16.6 Å². The molecule has 0 unspecified atom stereocenters. The maximum absolute atomic E-state index is 13.7. The van der Waals surface area contributed by atoms with E-state index in [1.165, 1.54) is 30.6 Å². The fourth-order valence-electron chi connectivity index (χ4n) is 3.15. The van der Waals surface area contributed by atoms with Crippen LogP contribution in [0.5, 0.6) is 0 Å². The topological polar surface area (TPSA) is 115 Å². The van der Waals surface area contributed by atoms with Crippen LogP contribution in [0.4, 0.5) is 26.4 Å². The summed E-state index contributed by atoms with van der Waals surface area (Å²) in [5, 5.41) is 5.50. The number of amides is 2. The Hall–Kier alpha value is -4.27. The van der Waals surface area contributed by atoms with E-state index in [0.29, 0.717) is 27.8 Å². The van der Waals surface area contributed by atoms with E-state index in [1.54, 1.807) is 42.1 Å². The van der Waals surface area contributed by atoms with Gasteiger partial charge in [-0.2, -0.15) is 0 Å². The van der Waals surface area contributed by atoms with Gasteiger partial charge in [-0.15, -0.1) is 0 Å². The van der Waals surface area contributed by atoms with Gasteiger partial charge >= 0.3 is 6.03 Å². The molecular formula is C21H17FN6O2. The smallest absolute Gasteiger partial charge is 0.323 e. The molecule has 0 saturated carbocycles. The summed E-state index contributed by atoms with van der Waals surface area (Å²) < 4.78 is 15.4. The van der Waals surface area contributed by atoms with Gasteiger partial charge in [0.2, 0.25) is 0 Å². The van der Waals surface area contributed by atoms with Crippen molar-refractivity contribution in [2.24, 2.45) is 7.05 Å². The summed E-state index contributed by atoms with van der Waals surface area (Å²) in [6.45, 7) is 0. The second kappa shape index (κ2) is 7.63. The molecule has 0 aliphatic rings. The summed E-state index contributed by atoms with van der Waals surface area (Å²) in [7, 11) is 1.76. The number of anilines is 3. The summed E-state index contributed by atoms with van der Waals surface area (Å²) in [5.74, 6) is -0.630. The number of nitrogens with one attached hydrogen (secondary N) is 2. The Morgan fingerprint density at radius 2 is 1.87 bits per heavy atom. The van der Waals surface area contributed by atoms with E-state index in [2.05, 4.69) is 20.6 Å². The monoisotopic (exact) mass is 404 g/mol. The van der Waals surface area contributed by atoms with Gasteiger partial charge in [-0.1, -0.05) is 24.3 Å². The molecule has 2 aromatic carbocycles. The molecule has 150 valence electrons. The van der Waals surface area contributed by atoms with Crippen molar-refractivity contribution >= 4 is 40.0 Å². The zero-order valence-corrected chi connectivity index (χ0v) is 15.9. The third kappa shape index (κ3) is 3.55. The van der Waals surface area contributed by atoms with Gasteiger partial charge in [0.1, 0.15) is 23.6 Å². The number of benzene rings is 2. The third-order valence-electron chi connectivity index (χ3n) is 4.53. The van der Waals surface area contributed by atoms with Crippen LogP contribution >= 0.6 is 0 Å². The highest BCUT2D eigenvalue weighted by atomic mass is 19.1. The van der Waals surface area contributed by atoms with Gasteiger partial charge in [-0.25, -0.2) is 19.2 Å². The first-order valence-electron chi connectivity index (χ1n) is 8.97. The van der Waals surface area contributed by atoms with Crippen molar-refractivity contribution in [1.29, 1.82) is 0 Å². The van der Waals surface area contributed by atoms with Crippen LogP contribution in [-0.2, 0) is 7.05 Å². The van der Waals surface area contributed by atoms with Crippen molar-refractivity contribution in [3.8, 4) is 0 Å². The average molecular weight is 404 g/mol. The number of rotatable bonds is 4. The maximum atomic E-state index is 13.7. The number of urea groups is 1. The van der Waals surface area contributed by atoms with Gasteiger partial charge in [-0.3, -0.25) is 4.79 Å². The van der Waals surface area contributed by atoms with E-state index >= 15 is 0 Å². The summed E-state index contributed by atoms with van der Waals surface area (Å²) in [6.07, 6.45) is 2.98. The van der Waals surface area contributed by atoms with Gasteiger partial charge in [-0.05, 0) is 24.3 Å². The lowest BCUT2D eigenvalue weighted by molar-refractivity contribution is 0.104. The quantitative estimate of drug-likeness (QED) is 0.450. The second-order valence-electron chi connectivity index (χ2n) is 6.58. The molecule has 2 aromatic heterocycles. The zero-order valence-electron chi connectivity index (χ0n) is 15.9. The first-order valence-corrected chi connectivity index (χ1v) is 8.97. The normalized spacial score (nSPS) is 10.7. The third-order valence-corrected chi connectivity index (χ3v) is 4.53. The van der Waals surface area contributed by atoms with E-state index in [0.717, 1.165) is 0 Å². The lowest BCUT2D eigenvalue weighted by Gasteiger charge is -2.09. The predicted octanol–water partition coefficient (Wildman–Crippen LogP) is 3.56. The molecule has 0 bridgehead atoms. The Morgan fingerprint density at radius 3 is 2.67 bits per heavy atom. The molecule has 2 amide bonds. The number of aryl methyl sites for hydroxylation is 1. The van der Waals surface area contributed by atoms with E-state index in [9.17, 15) is 14.0 Å². The largest absolute Gasteiger partial charge is 0.383 e. The van der Waals surface area contributed by atoms with Crippen molar-refractivity contribution in [2.45, 2.75) is 0 Å². The fourth-order valence-corrected chi connectivity index (χ4v) is 3.15. The molecule has 0 aliphatic heterocycles. The Morgan fingerprint density at radius 1 is 1.07 bits per heavy atom. The molecule has 9 heteroatoms. The minimum Gasteiger partial charge on any atom is -0.383 e. The summed E-state index contributed by atoms with van der Waals surface area (Å²) in [6, 6.07) is 11.6. The van der Waals surface area contributed by atoms with Crippen LogP contribution in [-0.4, -0.2) is 26.3 Å². The Kier molecular flexibility index (Phi) is 4.85. The number of hydrogen-bond donors (Lipinski definition) is 3. The molecule has 0 radical (unpaired) electrons. The highest BCUT2D eigenvalue weighted by Gasteiger charge is 2.19. The number of carbonyl (C=O) groups excluding carboxylic acids is 2. The lowest BCUT2D eigenvalue weighted by Crippen LogP contribution is -2.20. The Balaban J connectivity index is 1.59. The van der Waals surface area contributed by atoms with Crippen LogP contribution in [0.1, 0.15) is 15.9 Å². The number of nitrogens with zero attached hydrogens (tertiary/aromatic N) is 3. The number of nitrogen functional groups attached to an aromatic ring is 1. The van der Waals surface area contributed by atoms with Crippen molar-refractivity contribution in [1.82, 2.24) is 14.5 Å². The zero-order chi connectivity index (χ0) is 21.3. The van der Waals surface area contributed by atoms with Crippen molar-refractivity contribution < 1.29 is 14.0 Å². The molecule has 2 heterocycles. The average Bonchev–Trinajstić information content (AvgIpc) is 3.07. The molecule has 0 saturated heterocycles. The first-order chi connectivity index (χ1) is 14.4. The number of nitrogens with two attached hydrogens (primary N) is 1. The van der Waals surface area contributed by atoms with Crippen LogP contribution in [0.15, 0.2) is 61.1 Å². The highest BCUT2D eigenvalue weighted by molar-refractivity contribution is 6.18. The molecular weight excluding hydrogens is 387 g/mol. The van der Waals surface area contributed by atoms with Crippen LogP contribution < -0.4 is 16.4 Å². The minimum atomic E-state index is -0.632. The van der Waals surface area contributed by atoms with Crippen molar-refractivity contribution in [3.05, 3.63) is 78.0 Å². The molecule has 30 heavy (non-hydrogen) atoms. The number of aromatic nitrogens is 3. The number of ketones is 1. The number of para-hydroxylation sites is 1. The molecule has 4 rings (SSSR count). The van der Waals surface area contributed by atoms with Crippen LogP contribution in [0, 0.1) is 5.82 Å². The van der Waals surface area contributed by atoms with Crippen LogP contribution in [0.25, 0.3) is 11.0 Å². The number of carbonyl (C=O) groups is 2. The summed E-state index contributed by atoms with van der Waals surface area (Å²) in [5.41, 5.74) is 7.63. The molecule has 8 nitrogen and oxygen atoms in total. The number of fused-ring (bicyclic) bond motifs is 1. The standard InChI is InChI=1S/C21H17FN6O2/c1-28-10-14(17-19(23)24-11-25-20(17)28)18(29)12-5-4-6-13(9-12)26-21(30)27-16-8-3-2-7-15(16)22/h2-11H,1H3,(H2,23,24,25)(H2,26,27,30). The molecule has 0 spiro atoms. The molecule has 4 aromatic rings. The van der Waals surface area contributed by atoms with E-state index in [-0.39, 0.29) is 17.3 Å².